The van der Waals surface area contributed by atoms with Gasteiger partial charge in [-0.2, -0.15) is 4.31 Å². The largest absolute Gasteiger partial charge is 0.377 e. The van der Waals surface area contributed by atoms with E-state index in [1.54, 1.807) is 0 Å². The molecule has 1 unspecified atom stereocenters. The summed E-state index contributed by atoms with van der Waals surface area (Å²) in [5, 5.41) is 0. The molecule has 0 radical (unpaired) electrons. The fourth-order valence-corrected chi connectivity index (χ4v) is 3.65. The molecule has 0 aromatic carbocycles. The van der Waals surface area contributed by atoms with Crippen LogP contribution in [0.25, 0.3) is 0 Å². The van der Waals surface area contributed by atoms with Gasteiger partial charge in [0.05, 0.1) is 12.6 Å². The molecule has 21 heavy (non-hydrogen) atoms. The molecule has 0 bridgehead atoms. The van der Waals surface area contributed by atoms with Crippen molar-refractivity contribution in [2.24, 2.45) is 5.73 Å². The number of aromatic nitrogens is 1. The van der Waals surface area contributed by atoms with Crippen molar-refractivity contribution in [2.75, 3.05) is 26.2 Å². The van der Waals surface area contributed by atoms with Crippen LogP contribution in [0.15, 0.2) is 23.4 Å². The average Bonchev–Trinajstić information content (AvgIpc) is 2.70. The second-order valence-electron chi connectivity index (χ2n) is 4.81. The Bertz CT molecular complexity index is 649. The van der Waals surface area contributed by atoms with Crippen LogP contribution in [0.2, 0.25) is 0 Å². The van der Waals surface area contributed by atoms with Crippen molar-refractivity contribution in [1.29, 1.82) is 0 Å². The molecule has 1 saturated heterocycles. The van der Waals surface area contributed by atoms with Crippen molar-refractivity contribution in [2.45, 2.75) is 24.3 Å². The molecule has 0 saturated carbocycles. The van der Waals surface area contributed by atoms with E-state index >= 15 is 0 Å². The van der Waals surface area contributed by atoms with Gasteiger partial charge in [-0.3, -0.25) is 4.98 Å². The normalized spacial score (nSPS) is 20.4. The van der Waals surface area contributed by atoms with Crippen LogP contribution < -0.4 is 5.73 Å². The Morgan fingerprint density at radius 1 is 1.52 bits per heavy atom. The first-order chi connectivity index (χ1) is 10.0. The molecule has 1 aliphatic rings. The smallest absolute Gasteiger partial charge is 0.244 e. The van der Waals surface area contributed by atoms with Crippen LogP contribution in [0, 0.1) is 11.8 Å². The van der Waals surface area contributed by atoms with E-state index in [-0.39, 0.29) is 17.5 Å². The fourth-order valence-electron chi connectivity index (χ4n) is 2.10. The first-order valence-corrected chi connectivity index (χ1v) is 8.24. The molecule has 1 aliphatic heterocycles. The van der Waals surface area contributed by atoms with Gasteiger partial charge in [0.15, 0.2) is 0 Å². The van der Waals surface area contributed by atoms with Gasteiger partial charge in [-0.1, -0.05) is 11.8 Å². The zero-order chi connectivity index (χ0) is 15.3. The summed E-state index contributed by atoms with van der Waals surface area (Å²) in [6.07, 6.45) is 3.44. The molecule has 1 atom stereocenters. The van der Waals surface area contributed by atoms with Gasteiger partial charge in [0.1, 0.15) is 4.90 Å². The standard InChI is InChI=1S/C14H19N3O3S/c1-12-11-17(6-3-7-20-12)21(18,19)14-8-13(4-2-5-15)9-16-10-14/h8-10,12H,3,5-7,11,15H2,1H3. The summed E-state index contributed by atoms with van der Waals surface area (Å²) in [4.78, 5) is 4.11. The molecule has 0 amide bonds. The molecule has 2 N–H and O–H groups in total. The van der Waals surface area contributed by atoms with Crippen molar-refractivity contribution >= 4 is 10.0 Å². The van der Waals surface area contributed by atoms with Gasteiger partial charge in [-0.05, 0) is 19.4 Å². The summed E-state index contributed by atoms with van der Waals surface area (Å²) in [6.45, 7) is 3.47. The highest BCUT2D eigenvalue weighted by molar-refractivity contribution is 7.89. The van der Waals surface area contributed by atoms with E-state index in [1.165, 1.54) is 22.8 Å². The van der Waals surface area contributed by atoms with Crippen molar-refractivity contribution in [1.82, 2.24) is 9.29 Å². The summed E-state index contributed by atoms with van der Waals surface area (Å²) in [5.41, 5.74) is 5.86. The molecule has 1 fully saturated rings. The highest BCUT2D eigenvalue weighted by Gasteiger charge is 2.28. The molecule has 0 aliphatic carbocycles. The van der Waals surface area contributed by atoms with E-state index in [4.69, 9.17) is 10.5 Å². The van der Waals surface area contributed by atoms with Gasteiger partial charge < -0.3 is 10.5 Å². The third-order valence-corrected chi connectivity index (χ3v) is 4.93. The zero-order valence-corrected chi connectivity index (χ0v) is 12.8. The molecular formula is C14H19N3O3S. The predicted octanol–water partition coefficient (Wildman–Crippen LogP) is 0.191. The van der Waals surface area contributed by atoms with Gasteiger partial charge >= 0.3 is 0 Å². The minimum absolute atomic E-state index is 0.115. The van der Waals surface area contributed by atoms with Crippen LogP contribution in [0.3, 0.4) is 0 Å². The van der Waals surface area contributed by atoms with E-state index < -0.39 is 10.0 Å². The molecule has 6 nitrogen and oxygen atoms in total. The molecule has 7 heteroatoms. The van der Waals surface area contributed by atoms with E-state index in [2.05, 4.69) is 16.8 Å². The lowest BCUT2D eigenvalue weighted by Crippen LogP contribution is -2.36. The number of pyridine rings is 1. The maximum Gasteiger partial charge on any atom is 0.244 e. The highest BCUT2D eigenvalue weighted by Crippen LogP contribution is 2.18. The van der Waals surface area contributed by atoms with E-state index in [0.29, 0.717) is 31.7 Å². The molecule has 114 valence electrons. The molecule has 0 spiro atoms. The maximum atomic E-state index is 12.7. The number of nitrogens with zero attached hydrogens (tertiary/aromatic N) is 2. The maximum absolute atomic E-state index is 12.7. The van der Waals surface area contributed by atoms with Gasteiger partial charge in [0.2, 0.25) is 10.0 Å². The van der Waals surface area contributed by atoms with Crippen LogP contribution in [-0.2, 0) is 14.8 Å². The molecule has 2 heterocycles. The van der Waals surface area contributed by atoms with Crippen LogP contribution >= 0.6 is 0 Å². The number of sulfonamides is 1. The van der Waals surface area contributed by atoms with Crippen LogP contribution in [0.1, 0.15) is 18.9 Å². The van der Waals surface area contributed by atoms with Gasteiger partial charge in [0, 0.05) is 37.7 Å². The van der Waals surface area contributed by atoms with Crippen molar-refractivity contribution in [3.05, 3.63) is 24.0 Å². The quantitative estimate of drug-likeness (QED) is 0.788. The highest BCUT2D eigenvalue weighted by atomic mass is 32.2. The van der Waals surface area contributed by atoms with E-state index in [0.717, 1.165) is 0 Å². The Kier molecular flexibility index (Phi) is 5.31. The molecule has 1 aromatic rings. The zero-order valence-electron chi connectivity index (χ0n) is 11.9. The van der Waals surface area contributed by atoms with Crippen LogP contribution in [0.4, 0.5) is 0 Å². The van der Waals surface area contributed by atoms with Crippen molar-refractivity contribution in [3.8, 4) is 11.8 Å². The Morgan fingerprint density at radius 3 is 3.10 bits per heavy atom. The summed E-state index contributed by atoms with van der Waals surface area (Å²) in [6, 6.07) is 1.53. The summed E-state index contributed by atoms with van der Waals surface area (Å²) in [5.74, 6) is 5.48. The predicted molar refractivity (Wildman–Crippen MR) is 79.0 cm³/mol. The molecule has 2 rings (SSSR count). The number of nitrogens with two attached hydrogens (primary N) is 1. The first-order valence-electron chi connectivity index (χ1n) is 6.80. The lowest BCUT2D eigenvalue weighted by atomic mass is 10.3. The average molecular weight is 309 g/mol. The number of ether oxygens (including phenoxy) is 1. The Hall–Kier alpha value is -1.46. The van der Waals surface area contributed by atoms with Crippen LogP contribution in [-0.4, -0.2) is 50.1 Å². The number of rotatable bonds is 2. The van der Waals surface area contributed by atoms with E-state index in [1.807, 2.05) is 6.92 Å². The third-order valence-electron chi connectivity index (χ3n) is 3.10. The second kappa shape index (κ2) is 7.00. The van der Waals surface area contributed by atoms with Gasteiger partial charge in [-0.25, -0.2) is 8.42 Å². The van der Waals surface area contributed by atoms with Gasteiger partial charge in [-0.15, -0.1) is 0 Å². The summed E-state index contributed by atoms with van der Waals surface area (Å²) in [7, 11) is -3.57. The summed E-state index contributed by atoms with van der Waals surface area (Å²) < 4.78 is 32.3. The molecule has 1 aromatic heterocycles. The topological polar surface area (TPSA) is 85.5 Å². The monoisotopic (exact) mass is 309 g/mol. The van der Waals surface area contributed by atoms with E-state index in [9.17, 15) is 8.42 Å². The minimum atomic E-state index is -3.57. The SMILES string of the molecule is CC1CN(S(=O)(=O)c2cncc(C#CCN)c2)CCCO1. The minimum Gasteiger partial charge on any atom is -0.377 e. The number of hydrogen-bond donors (Lipinski definition) is 1. The van der Waals surface area contributed by atoms with Crippen LogP contribution in [0.5, 0.6) is 0 Å². The second-order valence-corrected chi connectivity index (χ2v) is 6.75. The van der Waals surface area contributed by atoms with Crippen molar-refractivity contribution in [3.63, 3.8) is 0 Å². The number of hydrogen-bond acceptors (Lipinski definition) is 5. The Morgan fingerprint density at radius 2 is 2.33 bits per heavy atom. The lowest BCUT2D eigenvalue weighted by molar-refractivity contribution is 0.0752. The van der Waals surface area contributed by atoms with Crippen molar-refractivity contribution < 1.29 is 13.2 Å². The lowest BCUT2D eigenvalue weighted by Gasteiger charge is -2.21. The molecular weight excluding hydrogens is 290 g/mol. The third kappa shape index (κ3) is 4.02. The first kappa shape index (κ1) is 15.9. The van der Waals surface area contributed by atoms with Gasteiger partial charge in [0.25, 0.3) is 0 Å². The fraction of sp³-hybridized carbons (Fsp3) is 0.500. The Labute approximate surface area is 125 Å². The Balaban J connectivity index is 2.30. The summed E-state index contributed by atoms with van der Waals surface area (Å²) >= 11 is 0.